The summed E-state index contributed by atoms with van der Waals surface area (Å²) in [6.07, 6.45) is -10.3. The van der Waals surface area contributed by atoms with Crippen molar-refractivity contribution in [2.75, 3.05) is 13.7 Å². The molecule has 0 bridgehead atoms. The zero-order chi connectivity index (χ0) is 33.7. The monoisotopic (exact) mass is 677 g/mol. The minimum atomic E-state index is -5.08. The van der Waals surface area contributed by atoms with Crippen LogP contribution in [0.25, 0.3) is 0 Å². The summed E-state index contributed by atoms with van der Waals surface area (Å²) in [4.78, 5) is 39.9. The summed E-state index contributed by atoms with van der Waals surface area (Å²) in [6.45, 7) is 2.16. The van der Waals surface area contributed by atoms with Gasteiger partial charge in [-0.1, -0.05) is 49.7 Å². The van der Waals surface area contributed by atoms with Crippen LogP contribution in [0.15, 0.2) is 48.5 Å². The molecular weight excluding hydrogens is 643 g/mol. The van der Waals surface area contributed by atoms with Gasteiger partial charge in [-0.2, -0.15) is 13.2 Å². The lowest BCUT2D eigenvalue weighted by molar-refractivity contribution is -0.215. The van der Waals surface area contributed by atoms with Gasteiger partial charge in [0.15, 0.2) is 15.9 Å². The normalized spacial score (nSPS) is 19.1. The summed E-state index contributed by atoms with van der Waals surface area (Å²) in [6, 6.07) is 7.48. The molecule has 2 aromatic rings. The summed E-state index contributed by atoms with van der Waals surface area (Å²) >= 11 is 6.03. The number of benzene rings is 2. The summed E-state index contributed by atoms with van der Waals surface area (Å²) in [5.74, 6) is -2.97. The van der Waals surface area contributed by atoms with Gasteiger partial charge >= 0.3 is 12.3 Å². The third-order valence-corrected chi connectivity index (χ3v) is 9.84. The highest BCUT2D eigenvalue weighted by atomic mass is 35.5. The fourth-order valence-corrected chi connectivity index (χ4v) is 7.11. The van der Waals surface area contributed by atoms with Crippen LogP contribution in [-0.2, 0) is 31.6 Å². The summed E-state index contributed by atoms with van der Waals surface area (Å²) in [7, 11) is -2.62. The Balaban J connectivity index is 1.97. The molecule has 3 rings (SSSR count). The molecule has 4 N–H and O–H groups in total. The van der Waals surface area contributed by atoms with Gasteiger partial charge in [-0.3, -0.25) is 9.59 Å². The molecule has 45 heavy (non-hydrogen) atoms. The number of carbonyl (C=O) groups is 3. The number of ether oxygens (including phenoxy) is 1. The minimum absolute atomic E-state index is 0.221. The number of nitrogens with one attached hydrogen (secondary N) is 2. The lowest BCUT2D eigenvalue weighted by atomic mass is 9.97. The molecule has 16 heteroatoms. The first-order valence-electron chi connectivity index (χ1n) is 13.9. The molecule has 1 saturated heterocycles. The number of amides is 3. The Morgan fingerprint density at radius 3 is 2.27 bits per heavy atom. The van der Waals surface area contributed by atoms with Crippen LogP contribution >= 0.6 is 11.6 Å². The van der Waals surface area contributed by atoms with Gasteiger partial charge in [-0.05, 0) is 47.7 Å². The lowest BCUT2D eigenvalue weighted by Gasteiger charge is -2.32. The van der Waals surface area contributed by atoms with Gasteiger partial charge in [0.05, 0.1) is 24.2 Å². The number of hydrogen-bond donors (Lipinski definition) is 4. The first-order valence-corrected chi connectivity index (χ1v) is 16.0. The van der Waals surface area contributed by atoms with E-state index in [4.69, 9.17) is 16.3 Å². The number of carboxylic acid groups (broad SMARTS) is 1. The van der Waals surface area contributed by atoms with Crippen molar-refractivity contribution in [2.45, 2.75) is 68.1 Å². The van der Waals surface area contributed by atoms with Crippen LogP contribution in [0.2, 0.25) is 5.02 Å². The molecule has 1 heterocycles. The second-order valence-electron chi connectivity index (χ2n) is 11.1. The SMILES string of the molecule is COc1ccc(CS(=O)(=O)[C@@H]2C[C@@H](C(=O)N[C@@H](C(C)C)[C@H](O)C(F)(F)F)N(C(=O)[C@H](Cc3cccc(Cl)c3)NC(=O)O)C2)cc1. The number of aliphatic hydroxyl groups excluding tert-OH is 1. The molecule has 0 aliphatic carbocycles. The standard InChI is InChI=1S/C29H35ClF3N3O8S/c1-16(2)24(25(37)29(31,32)33)35-26(38)23-13-21(45(42,43)15-17-7-9-20(44-3)10-8-17)14-36(23)27(39)22(34-28(40)41)12-18-5-4-6-19(30)11-18/h4-11,16,21-25,34,37H,12-15H2,1-3H3,(H,35,38)(H,40,41)/t21-,22+,23+,24+,25+/m1/s1. The van der Waals surface area contributed by atoms with Gasteiger partial charge in [0.25, 0.3) is 0 Å². The van der Waals surface area contributed by atoms with E-state index in [1.54, 1.807) is 30.3 Å². The van der Waals surface area contributed by atoms with Crippen LogP contribution < -0.4 is 15.4 Å². The predicted octanol–water partition coefficient (Wildman–Crippen LogP) is 3.18. The van der Waals surface area contributed by atoms with Crippen molar-refractivity contribution < 1.29 is 50.9 Å². The molecule has 1 aliphatic heterocycles. The number of alkyl halides is 3. The van der Waals surface area contributed by atoms with Gasteiger partial charge in [0, 0.05) is 18.0 Å². The Kier molecular flexibility index (Phi) is 11.7. The van der Waals surface area contributed by atoms with E-state index in [2.05, 4.69) is 10.6 Å². The summed E-state index contributed by atoms with van der Waals surface area (Å²) in [5.41, 5.74) is 0.841. The van der Waals surface area contributed by atoms with Crippen LogP contribution in [-0.4, -0.2) is 90.7 Å². The number of aliphatic hydroxyl groups is 1. The molecule has 11 nitrogen and oxygen atoms in total. The van der Waals surface area contributed by atoms with Crippen LogP contribution in [0, 0.1) is 5.92 Å². The van der Waals surface area contributed by atoms with Crippen molar-refractivity contribution in [3.8, 4) is 5.75 Å². The second kappa shape index (κ2) is 14.7. The molecule has 3 amide bonds. The van der Waals surface area contributed by atoms with E-state index in [9.17, 15) is 46.2 Å². The smallest absolute Gasteiger partial charge is 0.416 e. The van der Waals surface area contributed by atoms with Crippen molar-refractivity contribution in [1.82, 2.24) is 15.5 Å². The predicted molar refractivity (Wildman–Crippen MR) is 158 cm³/mol. The van der Waals surface area contributed by atoms with Crippen molar-refractivity contribution in [3.05, 3.63) is 64.7 Å². The zero-order valence-corrected chi connectivity index (χ0v) is 26.2. The fraction of sp³-hybridized carbons (Fsp3) is 0.483. The Labute approximate surface area is 263 Å². The molecule has 1 fully saturated rings. The molecule has 0 aromatic heterocycles. The van der Waals surface area contributed by atoms with Gasteiger partial charge in [-0.25, -0.2) is 13.2 Å². The molecule has 2 aromatic carbocycles. The maximum atomic E-state index is 13.8. The van der Waals surface area contributed by atoms with Crippen LogP contribution in [0.4, 0.5) is 18.0 Å². The summed E-state index contributed by atoms with van der Waals surface area (Å²) in [5, 5.41) is 22.6. The van der Waals surface area contributed by atoms with E-state index < -0.39 is 88.0 Å². The number of methoxy groups -OCH3 is 1. The topological polar surface area (TPSA) is 162 Å². The Morgan fingerprint density at radius 2 is 1.73 bits per heavy atom. The Morgan fingerprint density at radius 1 is 1.09 bits per heavy atom. The molecule has 0 radical (unpaired) electrons. The summed E-state index contributed by atoms with van der Waals surface area (Å²) < 4.78 is 72.3. The number of sulfone groups is 1. The first kappa shape index (κ1) is 35.9. The third-order valence-electron chi connectivity index (χ3n) is 7.51. The number of carbonyl (C=O) groups excluding carboxylic acids is 2. The molecular formula is C29H35ClF3N3O8S. The number of halogens is 4. The molecule has 0 spiro atoms. The fourth-order valence-electron chi connectivity index (χ4n) is 5.14. The highest BCUT2D eigenvalue weighted by Gasteiger charge is 2.49. The Bertz CT molecular complexity index is 1470. The van der Waals surface area contributed by atoms with Gasteiger partial charge in [-0.15, -0.1) is 0 Å². The van der Waals surface area contributed by atoms with E-state index in [0.717, 1.165) is 4.90 Å². The van der Waals surface area contributed by atoms with Crippen molar-refractivity contribution in [3.63, 3.8) is 0 Å². The molecule has 0 unspecified atom stereocenters. The number of hydrogen-bond acceptors (Lipinski definition) is 7. The largest absolute Gasteiger partial charge is 0.497 e. The average Bonchev–Trinajstić information content (AvgIpc) is 3.41. The number of rotatable bonds is 12. The van der Waals surface area contributed by atoms with Gasteiger partial charge in [0.2, 0.25) is 11.8 Å². The molecule has 248 valence electrons. The van der Waals surface area contributed by atoms with Crippen LogP contribution in [0.5, 0.6) is 5.75 Å². The van der Waals surface area contributed by atoms with Crippen molar-refractivity contribution >= 4 is 39.3 Å². The number of likely N-dealkylation sites (tertiary alicyclic amines) is 1. The minimum Gasteiger partial charge on any atom is -0.497 e. The number of nitrogens with zero attached hydrogens (tertiary/aromatic N) is 1. The molecule has 0 saturated carbocycles. The van der Waals surface area contributed by atoms with Gasteiger partial charge in [0.1, 0.15) is 17.8 Å². The van der Waals surface area contributed by atoms with E-state index in [1.807, 2.05) is 0 Å². The quantitative estimate of drug-likeness (QED) is 0.266. The van der Waals surface area contributed by atoms with Crippen LogP contribution in [0.1, 0.15) is 31.4 Å². The van der Waals surface area contributed by atoms with E-state index in [1.165, 1.54) is 39.2 Å². The molecule has 1 aliphatic rings. The van der Waals surface area contributed by atoms with Crippen molar-refractivity contribution in [2.24, 2.45) is 5.92 Å². The third kappa shape index (κ3) is 9.47. The zero-order valence-electron chi connectivity index (χ0n) is 24.6. The van der Waals surface area contributed by atoms with E-state index in [-0.39, 0.29) is 6.42 Å². The molecule has 5 atom stereocenters. The second-order valence-corrected chi connectivity index (χ2v) is 13.8. The maximum absolute atomic E-state index is 13.8. The maximum Gasteiger partial charge on any atom is 0.416 e. The van der Waals surface area contributed by atoms with E-state index in [0.29, 0.717) is 21.9 Å². The Hall–Kier alpha value is -3.56. The van der Waals surface area contributed by atoms with Crippen molar-refractivity contribution in [1.29, 1.82) is 0 Å². The highest BCUT2D eigenvalue weighted by Crippen LogP contribution is 2.30. The van der Waals surface area contributed by atoms with Crippen LogP contribution in [0.3, 0.4) is 0 Å². The first-order chi connectivity index (χ1) is 20.9. The van der Waals surface area contributed by atoms with Gasteiger partial charge < -0.3 is 30.5 Å². The lowest BCUT2D eigenvalue weighted by Crippen LogP contribution is -2.58. The van der Waals surface area contributed by atoms with E-state index >= 15 is 0 Å². The average molecular weight is 678 g/mol. The highest BCUT2D eigenvalue weighted by molar-refractivity contribution is 7.91.